The molecule has 2 aromatic rings. The SMILES string of the molecule is CC(=O)Nc1ccc(S(=O)(=O)N2CCCN(Cc3ccccc3)CC2)cc1. The van der Waals surface area contributed by atoms with Gasteiger partial charge in [-0.3, -0.25) is 9.69 Å². The second-order valence-electron chi connectivity index (χ2n) is 6.72. The van der Waals surface area contributed by atoms with E-state index in [1.165, 1.54) is 12.5 Å². The van der Waals surface area contributed by atoms with Gasteiger partial charge in [-0.2, -0.15) is 4.31 Å². The van der Waals surface area contributed by atoms with Crippen LogP contribution in [0, 0.1) is 0 Å². The van der Waals surface area contributed by atoms with E-state index in [1.807, 2.05) is 18.2 Å². The molecule has 7 heteroatoms. The number of amides is 1. The summed E-state index contributed by atoms with van der Waals surface area (Å²) in [5.41, 5.74) is 1.83. The number of carbonyl (C=O) groups is 1. The summed E-state index contributed by atoms with van der Waals surface area (Å²) in [7, 11) is -3.53. The molecule has 3 rings (SSSR count). The summed E-state index contributed by atoms with van der Waals surface area (Å²) in [6.45, 7) is 4.83. The quantitative estimate of drug-likeness (QED) is 0.856. The van der Waals surface area contributed by atoms with Crippen molar-refractivity contribution in [2.75, 3.05) is 31.5 Å². The summed E-state index contributed by atoms with van der Waals surface area (Å²) in [6, 6.07) is 16.6. The minimum Gasteiger partial charge on any atom is -0.326 e. The van der Waals surface area contributed by atoms with E-state index in [4.69, 9.17) is 0 Å². The highest BCUT2D eigenvalue weighted by Crippen LogP contribution is 2.20. The van der Waals surface area contributed by atoms with Crippen LogP contribution in [0.2, 0.25) is 0 Å². The third kappa shape index (κ3) is 5.15. The van der Waals surface area contributed by atoms with Gasteiger partial charge in [0.2, 0.25) is 15.9 Å². The van der Waals surface area contributed by atoms with Gasteiger partial charge >= 0.3 is 0 Å². The van der Waals surface area contributed by atoms with Crippen molar-refractivity contribution in [1.82, 2.24) is 9.21 Å². The fourth-order valence-corrected chi connectivity index (χ4v) is 4.72. The third-order valence-electron chi connectivity index (χ3n) is 4.61. The van der Waals surface area contributed by atoms with Gasteiger partial charge in [0, 0.05) is 38.8 Å². The van der Waals surface area contributed by atoms with Crippen LogP contribution in [-0.2, 0) is 21.4 Å². The molecule has 0 saturated carbocycles. The van der Waals surface area contributed by atoms with Gasteiger partial charge in [-0.25, -0.2) is 8.42 Å². The van der Waals surface area contributed by atoms with Gasteiger partial charge in [-0.05, 0) is 42.8 Å². The summed E-state index contributed by atoms with van der Waals surface area (Å²) >= 11 is 0. The summed E-state index contributed by atoms with van der Waals surface area (Å²) in [6.07, 6.45) is 0.802. The topological polar surface area (TPSA) is 69.7 Å². The number of carbonyl (C=O) groups excluding carboxylic acids is 1. The molecule has 0 bridgehead atoms. The zero-order valence-corrected chi connectivity index (χ0v) is 16.3. The zero-order chi connectivity index (χ0) is 19.3. The lowest BCUT2D eigenvalue weighted by Crippen LogP contribution is -2.35. The highest BCUT2D eigenvalue weighted by atomic mass is 32.2. The fraction of sp³-hybridized carbons (Fsp3) is 0.350. The van der Waals surface area contributed by atoms with Crippen LogP contribution in [0.4, 0.5) is 5.69 Å². The van der Waals surface area contributed by atoms with Crippen LogP contribution in [-0.4, -0.2) is 49.7 Å². The Morgan fingerprint density at radius 1 is 0.963 bits per heavy atom. The van der Waals surface area contributed by atoms with Crippen molar-refractivity contribution < 1.29 is 13.2 Å². The molecule has 1 heterocycles. The average Bonchev–Trinajstić information content (AvgIpc) is 2.89. The molecule has 1 aliphatic rings. The second kappa shape index (κ2) is 8.65. The Kier molecular flexibility index (Phi) is 6.26. The number of hydrogen-bond donors (Lipinski definition) is 1. The highest BCUT2D eigenvalue weighted by Gasteiger charge is 2.26. The van der Waals surface area contributed by atoms with Crippen LogP contribution in [0.15, 0.2) is 59.5 Å². The van der Waals surface area contributed by atoms with E-state index in [-0.39, 0.29) is 10.8 Å². The van der Waals surface area contributed by atoms with Gasteiger partial charge in [-0.1, -0.05) is 30.3 Å². The van der Waals surface area contributed by atoms with Crippen molar-refractivity contribution in [2.24, 2.45) is 0 Å². The van der Waals surface area contributed by atoms with E-state index in [0.29, 0.717) is 25.3 Å². The van der Waals surface area contributed by atoms with Gasteiger partial charge in [0.15, 0.2) is 0 Å². The maximum absolute atomic E-state index is 13.0. The Morgan fingerprint density at radius 2 is 1.67 bits per heavy atom. The third-order valence-corrected chi connectivity index (χ3v) is 6.52. The zero-order valence-electron chi connectivity index (χ0n) is 15.5. The lowest BCUT2D eigenvalue weighted by molar-refractivity contribution is -0.114. The minimum atomic E-state index is -3.53. The first kappa shape index (κ1) is 19.5. The van der Waals surface area contributed by atoms with Crippen molar-refractivity contribution in [3.8, 4) is 0 Å². The molecule has 1 N–H and O–H groups in total. The highest BCUT2D eigenvalue weighted by molar-refractivity contribution is 7.89. The van der Waals surface area contributed by atoms with E-state index in [9.17, 15) is 13.2 Å². The van der Waals surface area contributed by atoms with Gasteiger partial charge < -0.3 is 5.32 Å². The van der Waals surface area contributed by atoms with Crippen molar-refractivity contribution in [1.29, 1.82) is 0 Å². The first-order valence-electron chi connectivity index (χ1n) is 9.09. The monoisotopic (exact) mass is 387 g/mol. The normalized spacial score (nSPS) is 16.6. The number of hydrogen-bond acceptors (Lipinski definition) is 4. The van der Waals surface area contributed by atoms with E-state index in [2.05, 4.69) is 22.3 Å². The molecule has 144 valence electrons. The molecule has 0 aliphatic carbocycles. The lowest BCUT2D eigenvalue weighted by atomic mass is 10.2. The number of nitrogens with zero attached hydrogens (tertiary/aromatic N) is 2. The van der Waals surface area contributed by atoms with Gasteiger partial charge in [0.1, 0.15) is 0 Å². The second-order valence-corrected chi connectivity index (χ2v) is 8.66. The lowest BCUT2D eigenvalue weighted by Gasteiger charge is -2.22. The molecule has 2 aromatic carbocycles. The Labute approximate surface area is 160 Å². The van der Waals surface area contributed by atoms with E-state index in [1.54, 1.807) is 28.6 Å². The largest absolute Gasteiger partial charge is 0.326 e. The number of sulfonamides is 1. The number of benzene rings is 2. The molecule has 0 unspecified atom stereocenters. The molecule has 1 aliphatic heterocycles. The van der Waals surface area contributed by atoms with Crippen LogP contribution in [0.5, 0.6) is 0 Å². The Morgan fingerprint density at radius 3 is 2.33 bits per heavy atom. The fourth-order valence-electron chi connectivity index (χ4n) is 3.25. The maximum Gasteiger partial charge on any atom is 0.243 e. The van der Waals surface area contributed by atoms with E-state index < -0.39 is 10.0 Å². The van der Waals surface area contributed by atoms with Gasteiger partial charge in [0.25, 0.3) is 0 Å². The maximum atomic E-state index is 13.0. The van der Waals surface area contributed by atoms with Crippen LogP contribution in [0.25, 0.3) is 0 Å². The molecule has 27 heavy (non-hydrogen) atoms. The first-order chi connectivity index (χ1) is 12.9. The van der Waals surface area contributed by atoms with Crippen LogP contribution in [0.1, 0.15) is 18.9 Å². The smallest absolute Gasteiger partial charge is 0.243 e. The van der Waals surface area contributed by atoms with Crippen molar-refractivity contribution in [3.63, 3.8) is 0 Å². The Hall–Kier alpha value is -2.22. The molecule has 1 amide bonds. The molecule has 0 atom stereocenters. The number of rotatable bonds is 5. The first-order valence-corrected chi connectivity index (χ1v) is 10.5. The van der Waals surface area contributed by atoms with E-state index in [0.717, 1.165) is 19.5 Å². The van der Waals surface area contributed by atoms with E-state index >= 15 is 0 Å². The molecule has 1 fully saturated rings. The summed E-state index contributed by atoms with van der Waals surface area (Å²) in [5, 5.41) is 2.65. The number of nitrogens with one attached hydrogen (secondary N) is 1. The summed E-state index contributed by atoms with van der Waals surface area (Å²) < 4.78 is 27.5. The average molecular weight is 388 g/mol. The van der Waals surface area contributed by atoms with Crippen molar-refractivity contribution in [2.45, 2.75) is 24.8 Å². The summed E-state index contributed by atoms with van der Waals surface area (Å²) in [5.74, 6) is -0.184. The Bertz CT molecular complexity index is 867. The Balaban J connectivity index is 1.65. The van der Waals surface area contributed by atoms with Crippen molar-refractivity contribution in [3.05, 3.63) is 60.2 Å². The van der Waals surface area contributed by atoms with Gasteiger partial charge in [-0.15, -0.1) is 0 Å². The molecule has 6 nitrogen and oxygen atoms in total. The molecular formula is C20H25N3O3S. The predicted molar refractivity (Wildman–Crippen MR) is 106 cm³/mol. The predicted octanol–water partition coefficient (Wildman–Crippen LogP) is 2.54. The molecule has 0 spiro atoms. The van der Waals surface area contributed by atoms with Gasteiger partial charge in [0.05, 0.1) is 4.90 Å². The molecular weight excluding hydrogens is 362 g/mol. The summed E-state index contributed by atoms with van der Waals surface area (Å²) in [4.78, 5) is 13.7. The molecule has 0 aromatic heterocycles. The van der Waals surface area contributed by atoms with Crippen LogP contribution >= 0.6 is 0 Å². The van der Waals surface area contributed by atoms with Crippen molar-refractivity contribution >= 4 is 21.6 Å². The van der Waals surface area contributed by atoms with Crippen LogP contribution in [0.3, 0.4) is 0 Å². The minimum absolute atomic E-state index is 0.184. The molecule has 1 saturated heterocycles. The molecule has 0 radical (unpaired) electrons. The van der Waals surface area contributed by atoms with Crippen LogP contribution < -0.4 is 5.32 Å². The standard InChI is InChI=1S/C20H25N3O3S/c1-17(24)21-19-8-10-20(11-9-19)27(25,26)23-13-5-12-22(14-15-23)16-18-6-3-2-4-7-18/h2-4,6-11H,5,12-16H2,1H3,(H,21,24). The number of anilines is 1.